The van der Waals surface area contributed by atoms with Crippen molar-refractivity contribution in [2.24, 2.45) is 11.1 Å². The molecule has 0 fully saturated rings. The molecule has 1 rings (SSSR count). The van der Waals surface area contributed by atoms with Crippen LogP contribution in [0.15, 0.2) is 18.2 Å². The topological polar surface area (TPSA) is 55.1 Å². The van der Waals surface area contributed by atoms with E-state index in [9.17, 15) is 4.79 Å². The molecule has 3 nitrogen and oxygen atoms in total. The Balaban J connectivity index is 2.88. The first-order chi connectivity index (χ1) is 9.25. The Morgan fingerprint density at radius 1 is 1.45 bits per heavy atom. The summed E-state index contributed by atoms with van der Waals surface area (Å²) in [5.41, 5.74) is 6.54. The lowest BCUT2D eigenvalue weighted by Crippen LogP contribution is -2.41. The molecule has 0 aliphatic carbocycles. The predicted octanol–water partition coefficient (Wildman–Crippen LogP) is 2.81. The number of nitrogens with two attached hydrogens (primary N) is 1. The molecule has 1 aromatic carbocycles. The fourth-order valence-corrected chi connectivity index (χ4v) is 1.63. The lowest BCUT2D eigenvalue weighted by atomic mass is 9.88. The third-order valence-electron chi connectivity index (χ3n) is 3.20. The number of benzene rings is 1. The fourth-order valence-electron chi connectivity index (χ4n) is 1.40. The molecule has 1 amide bonds. The summed E-state index contributed by atoms with van der Waals surface area (Å²) in [7, 11) is 0. The Morgan fingerprint density at radius 2 is 2.10 bits per heavy atom. The van der Waals surface area contributed by atoms with Crippen molar-refractivity contribution < 1.29 is 4.79 Å². The van der Waals surface area contributed by atoms with Gasteiger partial charge in [-0.2, -0.15) is 0 Å². The Morgan fingerprint density at radius 3 is 2.60 bits per heavy atom. The highest BCUT2D eigenvalue weighted by Crippen LogP contribution is 2.20. The van der Waals surface area contributed by atoms with Crippen molar-refractivity contribution in [2.45, 2.75) is 33.7 Å². The van der Waals surface area contributed by atoms with Crippen LogP contribution in [0.1, 0.15) is 43.6 Å². The summed E-state index contributed by atoms with van der Waals surface area (Å²) in [6.07, 6.45) is 0. The second-order valence-corrected chi connectivity index (χ2v) is 6.17. The Bertz CT molecular complexity index is 550. The molecule has 0 saturated carbocycles. The van der Waals surface area contributed by atoms with E-state index in [-0.39, 0.29) is 23.9 Å². The molecule has 1 unspecified atom stereocenters. The van der Waals surface area contributed by atoms with E-state index in [0.29, 0.717) is 16.1 Å². The van der Waals surface area contributed by atoms with E-state index in [4.69, 9.17) is 17.3 Å². The highest BCUT2D eigenvalue weighted by molar-refractivity contribution is 6.32. The van der Waals surface area contributed by atoms with Crippen LogP contribution in [-0.2, 0) is 0 Å². The zero-order valence-electron chi connectivity index (χ0n) is 12.4. The van der Waals surface area contributed by atoms with Gasteiger partial charge in [0.05, 0.1) is 11.6 Å². The van der Waals surface area contributed by atoms with E-state index < -0.39 is 0 Å². The number of hydrogen-bond acceptors (Lipinski definition) is 2. The third kappa shape index (κ3) is 4.56. The lowest BCUT2D eigenvalue weighted by molar-refractivity contribution is 0.0910. The van der Waals surface area contributed by atoms with E-state index >= 15 is 0 Å². The highest BCUT2D eigenvalue weighted by Gasteiger charge is 2.22. The molecule has 20 heavy (non-hydrogen) atoms. The summed E-state index contributed by atoms with van der Waals surface area (Å²) in [6.45, 7) is 8.51. The van der Waals surface area contributed by atoms with Crippen LogP contribution in [0.5, 0.6) is 0 Å². The van der Waals surface area contributed by atoms with Gasteiger partial charge in [-0.05, 0) is 30.5 Å². The molecule has 1 aromatic rings. The maximum Gasteiger partial charge on any atom is 0.251 e. The maximum absolute atomic E-state index is 12.2. The molecular weight excluding hydrogens is 272 g/mol. The molecule has 0 saturated heterocycles. The molecule has 0 spiro atoms. The average Bonchev–Trinajstić information content (AvgIpc) is 2.36. The van der Waals surface area contributed by atoms with Crippen LogP contribution in [0.2, 0.25) is 5.02 Å². The van der Waals surface area contributed by atoms with Crippen LogP contribution >= 0.6 is 11.6 Å². The molecule has 0 aliphatic heterocycles. The first-order valence-electron chi connectivity index (χ1n) is 6.55. The molecule has 0 aliphatic rings. The van der Waals surface area contributed by atoms with E-state index in [1.165, 1.54) is 0 Å². The van der Waals surface area contributed by atoms with E-state index in [0.717, 1.165) is 0 Å². The minimum absolute atomic E-state index is 0.00595. The molecule has 3 N–H and O–H groups in total. The minimum atomic E-state index is -0.132. The standard InChI is InChI=1S/C16H21ClN2O/c1-11(16(2,3)4)19-15(20)13-8-7-12(6-5-9-18)14(17)10-13/h7-8,10-11H,9,18H2,1-4H3,(H,19,20). The van der Waals surface area contributed by atoms with Crippen LogP contribution in [-0.4, -0.2) is 18.5 Å². The molecule has 1 atom stereocenters. The first-order valence-corrected chi connectivity index (χ1v) is 6.93. The summed E-state index contributed by atoms with van der Waals surface area (Å²) in [6, 6.07) is 5.15. The van der Waals surface area contributed by atoms with Crippen LogP contribution in [0.25, 0.3) is 0 Å². The second kappa shape index (κ2) is 6.78. The lowest BCUT2D eigenvalue weighted by Gasteiger charge is -2.28. The van der Waals surface area contributed by atoms with Gasteiger partial charge in [0.2, 0.25) is 0 Å². The van der Waals surface area contributed by atoms with Crippen LogP contribution < -0.4 is 11.1 Å². The molecule has 0 aromatic heterocycles. The van der Waals surface area contributed by atoms with E-state index in [2.05, 4.69) is 37.9 Å². The van der Waals surface area contributed by atoms with Crippen LogP contribution in [0, 0.1) is 17.3 Å². The van der Waals surface area contributed by atoms with E-state index in [1.807, 2.05) is 6.92 Å². The Hall–Kier alpha value is -1.50. The molecule has 4 heteroatoms. The van der Waals surface area contributed by atoms with Gasteiger partial charge >= 0.3 is 0 Å². The third-order valence-corrected chi connectivity index (χ3v) is 3.52. The van der Waals surface area contributed by atoms with Gasteiger partial charge in [-0.25, -0.2) is 0 Å². The monoisotopic (exact) mass is 292 g/mol. The molecule has 108 valence electrons. The van der Waals surface area contributed by atoms with Crippen molar-refractivity contribution in [3.63, 3.8) is 0 Å². The van der Waals surface area contributed by atoms with Crippen molar-refractivity contribution in [1.29, 1.82) is 0 Å². The quantitative estimate of drug-likeness (QED) is 0.824. The summed E-state index contributed by atoms with van der Waals surface area (Å²) >= 11 is 6.11. The summed E-state index contributed by atoms with van der Waals surface area (Å²) in [5.74, 6) is 5.47. The van der Waals surface area contributed by atoms with Gasteiger partial charge in [0, 0.05) is 17.2 Å². The minimum Gasteiger partial charge on any atom is -0.349 e. The van der Waals surface area contributed by atoms with Crippen molar-refractivity contribution in [3.8, 4) is 11.8 Å². The highest BCUT2D eigenvalue weighted by atomic mass is 35.5. The van der Waals surface area contributed by atoms with Crippen LogP contribution in [0.3, 0.4) is 0 Å². The zero-order chi connectivity index (χ0) is 15.3. The van der Waals surface area contributed by atoms with Gasteiger partial charge in [0.1, 0.15) is 0 Å². The largest absolute Gasteiger partial charge is 0.349 e. The average molecular weight is 293 g/mol. The van der Waals surface area contributed by atoms with Crippen LogP contribution in [0.4, 0.5) is 0 Å². The summed E-state index contributed by atoms with van der Waals surface area (Å²) in [4.78, 5) is 12.2. The molecule has 0 heterocycles. The summed E-state index contributed by atoms with van der Waals surface area (Å²) < 4.78 is 0. The van der Waals surface area contributed by atoms with Gasteiger partial charge in [0.25, 0.3) is 5.91 Å². The van der Waals surface area contributed by atoms with Crippen molar-refractivity contribution in [3.05, 3.63) is 34.3 Å². The number of carbonyl (C=O) groups excluding carboxylic acids is 1. The number of nitrogens with one attached hydrogen (secondary N) is 1. The number of hydrogen-bond donors (Lipinski definition) is 2. The SMILES string of the molecule is CC(NC(=O)c1ccc(C#CCN)c(Cl)c1)C(C)(C)C. The van der Waals surface area contributed by atoms with Gasteiger partial charge < -0.3 is 11.1 Å². The zero-order valence-corrected chi connectivity index (χ0v) is 13.1. The maximum atomic E-state index is 12.2. The van der Waals surface area contributed by atoms with Crippen molar-refractivity contribution in [2.75, 3.05) is 6.54 Å². The Labute approximate surface area is 125 Å². The van der Waals surface area contributed by atoms with Gasteiger partial charge in [-0.3, -0.25) is 4.79 Å². The Kier molecular flexibility index (Phi) is 5.62. The molecule has 0 radical (unpaired) electrons. The van der Waals surface area contributed by atoms with Crippen molar-refractivity contribution >= 4 is 17.5 Å². The molecular formula is C16H21ClN2O. The first kappa shape index (κ1) is 16.6. The van der Waals surface area contributed by atoms with Gasteiger partial charge in [-0.1, -0.05) is 44.2 Å². The number of amides is 1. The molecule has 0 bridgehead atoms. The number of carbonyl (C=O) groups is 1. The smallest absolute Gasteiger partial charge is 0.251 e. The van der Waals surface area contributed by atoms with E-state index in [1.54, 1.807) is 18.2 Å². The van der Waals surface area contributed by atoms with Crippen molar-refractivity contribution in [1.82, 2.24) is 5.32 Å². The number of rotatable bonds is 2. The summed E-state index contributed by atoms with van der Waals surface area (Å²) in [5, 5.41) is 3.43. The predicted molar refractivity (Wildman–Crippen MR) is 83.8 cm³/mol. The van der Waals surface area contributed by atoms with Gasteiger partial charge in [-0.15, -0.1) is 0 Å². The second-order valence-electron chi connectivity index (χ2n) is 5.76. The number of halogens is 1. The van der Waals surface area contributed by atoms with Gasteiger partial charge in [0.15, 0.2) is 0 Å². The normalized spacial score (nSPS) is 12.3. The fraction of sp³-hybridized carbons (Fsp3) is 0.438.